The van der Waals surface area contributed by atoms with Gasteiger partial charge in [0.05, 0.1) is 0 Å². The molecule has 0 amide bonds. The third-order valence-electron chi connectivity index (χ3n) is 2.01. The maximum Gasteiger partial charge on any atom is 0.163 e. The van der Waals surface area contributed by atoms with Crippen molar-refractivity contribution >= 4 is 5.78 Å². The van der Waals surface area contributed by atoms with Gasteiger partial charge < -0.3 is 5.11 Å². The first-order valence-corrected chi connectivity index (χ1v) is 3.94. The second-order valence-corrected chi connectivity index (χ2v) is 2.82. The number of aliphatic hydroxyl groups excluding tert-OH is 1. The number of ketones is 1. The normalized spacial score (nSPS) is 17.8. The molecule has 0 saturated heterocycles. The van der Waals surface area contributed by atoms with Gasteiger partial charge in [0, 0.05) is 17.6 Å². The molecule has 0 aromatic carbocycles. The van der Waals surface area contributed by atoms with Crippen molar-refractivity contribution in [1.29, 1.82) is 0 Å². The van der Waals surface area contributed by atoms with E-state index in [-0.39, 0.29) is 11.5 Å². The Morgan fingerprint density at radius 1 is 1.50 bits per heavy atom. The third kappa shape index (κ3) is 1.47. The van der Waals surface area contributed by atoms with E-state index in [9.17, 15) is 4.79 Å². The van der Waals surface area contributed by atoms with Crippen LogP contribution < -0.4 is 0 Å². The van der Waals surface area contributed by atoms with Gasteiger partial charge in [0.2, 0.25) is 0 Å². The standard InChI is InChI=1S/C10H12O2/c1-3-8-9(7(2)11)5-4-6-10(8)12/h3,11H,1-2,4-6H2. The van der Waals surface area contributed by atoms with Crippen LogP contribution in [-0.2, 0) is 4.79 Å². The molecule has 0 aromatic heterocycles. The minimum absolute atomic E-state index is 0.00190. The van der Waals surface area contributed by atoms with E-state index in [1.165, 1.54) is 6.08 Å². The highest BCUT2D eigenvalue weighted by Gasteiger charge is 2.19. The maximum absolute atomic E-state index is 11.3. The topological polar surface area (TPSA) is 37.3 Å². The van der Waals surface area contributed by atoms with Crippen LogP contribution in [0.1, 0.15) is 19.3 Å². The van der Waals surface area contributed by atoms with Gasteiger partial charge in [-0.25, -0.2) is 0 Å². The summed E-state index contributed by atoms with van der Waals surface area (Å²) in [5.41, 5.74) is 1.19. The number of carbonyl (C=O) groups is 1. The largest absolute Gasteiger partial charge is 0.508 e. The Labute approximate surface area is 71.9 Å². The summed E-state index contributed by atoms with van der Waals surface area (Å²) in [6.45, 7) is 6.95. The van der Waals surface area contributed by atoms with E-state index >= 15 is 0 Å². The summed E-state index contributed by atoms with van der Waals surface area (Å²) in [4.78, 5) is 11.3. The lowest BCUT2D eigenvalue weighted by Crippen LogP contribution is -2.10. The number of rotatable bonds is 2. The second-order valence-electron chi connectivity index (χ2n) is 2.82. The third-order valence-corrected chi connectivity index (χ3v) is 2.01. The van der Waals surface area contributed by atoms with Crippen molar-refractivity contribution in [2.24, 2.45) is 0 Å². The van der Waals surface area contributed by atoms with Gasteiger partial charge in [-0.2, -0.15) is 0 Å². The van der Waals surface area contributed by atoms with Crippen molar-refractivity contribution in [3.05, 3.63) is 36.1 Å². The van der Waals surface area contributed by atoms with Gasteiger partial charge in [-0.3, -0.25) is 4.79 Å². The molecule has 0 saturated carbocycles. The van der Waals surface area contributed by atoms with Crippen molar-refractivity contribution in [2.75, 3.05) is 0 Å². The van der Waals surface area contributed by atoms with E-state index in [0.717, 1.165) is 12.8 Å². The molecule has 0 bridgehead atoms. The first-order valence-electron chi connectivity index (χ1n) is 3.94. The lowest BCUT2D eigenvalue weighted by molar-refractivity contribution is -0.115. The highest BCUT2D eigenvalue weighted by atomic mass is 16.3. The van der Waals surface area contributed by atoms with E-state index in [4.69, 9.17) is 5.11 Å². The van der Waals surface area contributed by atoms with Gasteiger partial charge in [-0.15, -0.1) is 0 Å². The first kappa shape index (κ1) is 8.78. The molecular weight excluding hydrogens is 152 g/mol. The van der Waals surface area contributed by atoms with Crippen molar-refractivity contribution < 1.29 is 9.90 Å². The number of aliphatic hydroxyl groups is 1. The predicted octanol–water partition coefficient (Wildman–Crippen LogP) is 2.29. The van der Waals surface area contributed by atoms with Crippen LogP contribution in [-0.4, -0.2) is 10.9 Å². The quantitative estimate of drug-likeness (QED) is 0.636. The summed E-state index contributed by atoms with van der Waals surface area (Å²) >= 11 is 0. The monoisotopic (exact) mass is 164 g/mol. The summed E-state index contributed by atoms with van der Waals surface area (Å²) in [6.07, 6.45) is 3.57. The molecule has 0 aliphatic heterocycles. The van der Waals surface area contributed by atoms with E-state index in [1.807, 2.05) is 0 Å². The highest BCUT2D eigenvalue weighted by Crippen LogP contribution is 2.26. The molecule has 0 fully saturated rings. The number of hydrogen-bond acceptors (Lipinski definition) is 2. The van der Waals surface area contributed by atoms with Gasteiger partial charge >= 0.3 is 0 Å². The van der Waals surface area contributed by atoms with Crippen LogP contribution in [0, 0.1) is 0 Å². The Hall–Kier alpha value is -1.31. The van der Waals surface area contributed by atoms with Gasteiger partial charge in [0.1, 0.15) is 5.76 Å². The van der Waals surface area contributed by atoms with Crippen molar-refractivity contribution in [1.82, 2.24) is 0 Å². The molecule has 1 N–H and O–H groups in total. The molecule has 0 radical (unpaired) electrons. The molecule has 0 aromatic rings. The van der Waals surface area contributed by atoms with Crippen LogP contribution in [0.4, 0.5) is 0 Å². The Bertz CT molecular complexity index is 272. The minimum atomic E-state index is -0.00190. The fourth-order valence-electron chi connectivity index (χ4n) is 1.40. The second kappa shape index (κ2) is 3.39. The van der Waals surface area contributed by atoms with Gasteiger partial charge in [-0.1, -0.05) is 19.2 Å². The van der Waals surface area contributed by atoms with Crippen LogP contribution in [0.5, 0.6) is 0 Å². The lowest BCUT2D eigenvalue weighted by atomic mass is 9.90. The number of Topliss-reactive ketones (excluding diaryl/α,β-unsaturated/α-hetero) is 1. The van der Waals surface area contributed by atoms with Crippen molar-refractivity contribution in [2.45, 2.75) is 19.3 Å². The van der Waals surface area contributed by atoms with E-state index in [2.05, 4.69) is 13.2 Å². The zero-order valence-electron chi connectivity index (χ0n) is 6.97. The zero-order valence-corrected chi connectivity index (χ0v) is 6.97. The molecule has 2 nitrogen and oxygen atoms in total. The van der Waals surface area contributed by atoms with Crippen LogP contribution >= 0.6 is 0 Å². The lowest BCUT2D eigenvalue weighted by Gasteiger charge is -2.15. The average molecular weight is 164 g/mol. The molecule has 1 aliphatic carbocycles. The molecule has 0 heterocycles. The minimum Gasteiger partial charge on any atom is -0.508 e. The number of carbonyl (C=O) groups excluding carboxylic acids is 1. The van der Waals surface area contributed by atoms with Crippen LogP contribution in [0.15, 0.2) is 36.1 Å². The number of hydrogen-bond donors (Lipinski definition) is 1. The summed E-state index contributed by atoms with van der Waals surface area (Å²) < 4.78 is 0. The molecule has 0 unspecified atom stereocenters. The van der Waals surface area contributed by atoms with E-state index < -0.39 is 0 Å². The molecule has 0 spiro atoms. The summed E-state index contributed by atoms with van der Waals surface area (Å²) in [6, 6.07) is 0. The van der Waals surface area contributed by atoms with Crippen molar-refractivity contribution in [3.8, 4) is 0 Å². The zero-order chi connectivity index (χ0) is 9.14. The fraction of sp³-hybridized carbons (Fsp3) is 0.300. The summed E-state index contributed by atoms with van der Waals surface area (Å²) in [5, 5.41) is 9.14. The van der Waals surface area contributed by atoms with Gasteiger partial charge in [-0.05, 0) is 12.8 Å². The SMILES string of the molecule is C=CC1=C(C(=C)O)CCCC1=O. The summed E-state index contributed by atoms with van der Waals surface area (Å²) in [7, 11) is 0. The molecule has 64 valence electrons. The highest BCUT2D eigenvalue weighted by molar-refractivity contribution is 6.00. The fourth-order valence-corrected chi connectivity index (χ4v) is 1.40. The first-order chi connectivity index (χ1) is 5.66. The maximum atomic E-state index is 11.3. The molecule has 2 heteroatoms. The summed E-state index contributed by atoms with van der Waals surface area (Å²) in [5.74, 6) is 0.0550. The Morgan fingerprint density at radius 3 is 2.58 bits per heavy atom. The van der Waals surface area contributed by atoms with E-state index in [1.54, 1.807) is 0 Å². The molecule has 0 atom stereocenters. The van der Waals surface area contributed by atoms with Crippen LogP contribution in [0.3, 0.4) is 0 Å². The smallest absolute Gasteiger partial charge is 0.163 e. The molecule has 1 aliphatic rings. The Morgan fingerprint density at radius 2 is 2.17 bits per heavy atom. The average Bonchev–Trinajstić information content (AvgIpc) is 2.03. The molecule has 12 heavy (non-hydrogen) atoms. The number of allylic oxidation sites excluding steroid dienone is 3. The van der Waals surface area contributed by atoms with Crippen molar-refractivity contribution in [3.63, 3.8) is 0 Å². The Kier molecular flexibility index (Phi) is 2.48. The predicted molar refractivity (Wildman–Crippen MR) is 47.8 cm³/mol. The Balaban J connectivity index is 3.10. The van der Waals surface area contributed by atoms with Gasteiger partial charge in [0.25, 0.3) is 0 Å². The van der Waals surface area contributed by atoms with E-state index in [0.29, 0.717) is 17.6 Å². The van der Waals surface area contributed by atoms with Crippen LogP contribution in [0.25, 0.3) is 0 Å². The molecular formula is C10H12O2. The molecule has 1 rings (SSSR count). The van der Waals surface area contributed by atoms with Crippen LogP contribution in [0.2, 0.25) is 0 Å². The van der Waals surface area contributed by atoms with Gasteiger partial charge in [0.15, 0.2) is 5.78 Å².